The van der Waals surface area contributed by atoms with Crippen molar-refractivity contribution in [2.45, 2.75) is 39.3 Å². The van der Waals surface area contributed by atoms with Gasteiger partial charge in [0.2, 0.25) is 0 Å². The third-order valence-corrected chi connectivity index (χ3v) is 5.71. The Labute approximate surface area is 185 Å². The van der Waals surface area contributed by atoms with Crippen molar-refractivity contribution in [1.29, 1.82) is 0 Å². The van der Waals surface area contributed by atoms with Crippen molar-refractivity contribution in [1.82, 2.24) is 9.88 Å². The van der Waals surface area contributed by atoms with Gasteiger partial charge in [0.15, 0.2) is 0 Å². The first kappa shape index (κ1) is 21.5. The van der Waals surface area contributed by atoms with Crippen LogP contribution in [0.15, 0.2) is 67.0 Å². The summed E-state index contributed by atoms with van der Waals surface area (Å²) in [6.45, 7) is 8.93. The minimum Gasteiger partial charge on any atom is -0.491 e. The molecule has 0 atom stereocenters. The van der Waals surface area contributed by atoms with E-state index in [9.17, 15) is 0 Å². The Bertz CT molecular complexity index is 972. The minimum atomic E-state index is 0.495. The molecule has 0 saturated carbocycles. The zero-order chi connectivity index (χ0) is 21.5. The van der Waals surface area contributed by atoms with Crippen molar-refractivity contribution in [2.75, 3.05) is 26.4 Å². The van der Waals surface area contributed by atoms with Crippen molar-refractivity contribution >= 4 is 0 Å². The average molecular weight is 417 g/mol. The predicted octanol–water partition coefficient (Wildman–Crippen LogP) is 5.21. The predicted molar refractivity (Wildman–Crippen MR) is 124 cm³/mol. The first-order valence-corrected chi connectivity index (χ1v) is 11.2. The normalized spacial score (nSPS) is 15.7. The van der Waals surface area contributed by atoms with Gasteiger partial charge in [-0.25, -0.2) is 0 Å². The Balaban J connectivity index is 1.59. The lowest BCUT2D eigenvalue weighted by molar-refractivity contribution is 0.0757. The topological polar surface area (TPSA) is 34.6 Å². The van der Waals surface area contributed by atoms with Gasteiger partial charge in [0.1, 0.15) is 12.4 Å². The minimum absolute atomic E-state index is 0.495. The van der Waals surface area contributed by atoms with Gasteiger partial charge < -0.3 is 9.47 Å². The summed E-state index contributed by atoms with van der Waals surface area (Å²) in [6.07, 6.45) is 4.63. The van der Waals surface area contributed by atoms with Crippen molar-refractivity contribution in [3.8, 4) is 5.75 Å². The average Bonchev–Trinajstić information content (AvgIpc) is 2.77. The molecule has 0 N–H and O–H groups in total. The molecular weight excluding hydrogens is 384 g/mol. The molecule has 3 aromatic rings. The van der Waals surface area contributed by atoms with Crippen LogP contribution in [0.1, 0.15) is 47.6 Å². The van der Waals surface area contributed by atoms with E-state index >= 15 is 0 Å². The lowest BCUT2D eigenvalue weighted by atomic mass is 9.96. The van der Waals surface area contributed by atoms with Gasteiger partial charge in [-0.3, -0.25) is 9.88 Å². The number of fused-ring (bicyclic) bond motifs is 3. The van der Waals surface area contributed by atoms with Gasteiger partial charge in [-0.05, 0) is 45.9 Å². The molecule has 0 unspecified atom stereocenters. The van der Waals surface area contributed by atoms with Gasteiger partial charge in [-0.1, -0.05) is 56.3 Å². The second-order valence-corrected chi connectivity index (χ2v) is 8.55. The maximum atomic E-state index is 6.11. The van der Waals surface area contributed by atoms with E-state index in [1.54, 1.807) is 0 Å². The molecule has 0 fully saturated rings. The van der Waals surface area contributed by atoms with Crippen molar-refractivity contribution in [3.63, 3.8) is 0 Å². The van der Waals surface area contributed by atoms with Gasteiger partial charge in [-0.2, -0.15) is 0 Å². The van der Waals surface area contributed by atoms with Crippen LogP contribution in [-0.4, -0.2) is 36.2 Å². The van der Waals surface area contributed by atoms with E-state index < -0.39 is 0 Å². The molecule has 162 valence electrons. The van der Waals surface area contributed by atoms with Gasteiger partial charge in [0.25, 0.3) is 0 Å². The number of nitrogens with zero attached hydrogens (tertiary/aromatic N) is 2. The molecule has 1 aliphatic heterocycles. The molecule has 4 nitrogen and oxygen atoms in total. The molecule has 2 aromatic carbocycles. The lowest BCUT2D eigenvalue weighted by Gasteiger charge is -2.23. The number of hydrogen-bond acceptors (Lipinski definition) is 4. The first-order valence-electron chi connectivity index (χ1n) is 11.2. The standard InChI is InChI=1S/C27H32N2O2/c1-21(2)25-8-9-27-26(17-25)16-22-5-3-6-23(15-22)19-29(11-12-30-13-14-31-27)20-24-7-4-10-28-18-24/h3-10,15,17-18,21H,11-14,16,19-20H2,1-2H3. The number of hydrogen-bond donors (Lipinski definition) is 0. The molecule has 0 radical (unpaired) electrons. The second-order valence-electron chi connectivity index (χ2n) is 8.55. The Kier molecular flexibility index (Phi) is 7.34. The molecule has 0 saturated heterocycles. The van der Waals surface area contributed by atoms with E-state index in [-0.39, 0.29) is 0 Å². The summed E-state index contributed by atoms with van der Waals surface area (Å²) >= 11 is 0. The molecule has 1 aliphatic rings. The summed E-state index contributed by atoms with van der Waals surface area (Å²) in [5.74, 6) is 1.46. The van der Waals surface area contributed by atoms with E-state index in [2.05, 4.69) is 72.3 Å². The molecule has 31 heavy (non-hydrogen) atoms. The number of rotatable bonds is 3. The van der Waals surface area contributed by atoms with E-state index in [4.69, 9.17) is 9.47 Å². The van der Waals surface area contributed by atoms with Crippen LogP contribution in [0, 0.1) is 0 Å². The molecule has 0 amide bonds. The molecule has 2 heterocycles. The van der Waals surface area contributed by atoms with Crippen LogP contribution >= 0.6 is 0 Å². The second kappa shape index (κ2) is 10.6. The van der Waals surface area contributed by atoms with Crippen LogP contribution in [-0.2, 0) is 24.2 Å². The van der Waals surface area contributed by atoms with Crippen molar-refractivity contribution in [3.05, 3.63) is 94.8 Å². The van der Waals surface area contributed by atoms with Crippen molar-refractivity contribution in [2.24, 2.45) is 0 Å². The molecule has 4 rings (SSSR count). The fourth-order valence-corrected chi connectivity index (χ4v) is 4.02. The highest BCUT2D eigenvalue weighted by Gasteiger charge is 2.12. The van der Waals surface area contributed by atoms with E-state index in [0.29, 0.717) is 25.7 Å². The molecule has 0 aliphatic carbocycles. The molecule has 1 aromatic heterocycles. The Morgan fingerprint density at radius 2 is 1.87 bits per heavy atom. The first-order chi connectivity index (χ1) is 15.2. The molecular formula is C27H32N2O2. The smallest absolute Gasteiger partial charge is 0.122 e. The highest BCUT2D eigenvalue weighted by molar-refractivity contribution is 5.42. The summed E-state index contributed by atoms with van der Waals surface area (Å²) in [7, 11) is 0. The fraction of sp³-hybridized carbons (Fsp3) is 0.370. The maximum absolute atomic E-state index is 6.11. The SMILES string of the molecule is CC(C)c1ccc2c(c1)Cc1cccc(c1)CN(Cc1cccnc1)CCOCCO2. The molecule has 4 heteroatoms. The van der Waals surface area contributed by atoms with Crippen LogP contribution in [0.25, 0.3) is 0 Å². The molecule has 2 bridgehead atoms. The van der Waals surface area contributed by atoms with Crippen molar-refractivity contribution < 1.29 is 9.47 Å². The summed E-state index contributed by atoms with van der Waals surface area (Å²) < 4.78 is 12.0. The van der Waals surface area contributed by atoms with Gasteiger partial charge in [-0.15, -0.1) is 0 Å². The largest absolute Gasteiger partial charge is 0.491 e. The quantitative estimate of drug-likeness (QED) is 0.587. The van der Waals surface area contributed by atoms with Crippen LogP contribution in [0.4, 0.5) is 0 Å². The van der Waals surface area contributed by atoms with E-state index in [1.807, 2.05) is 18.5 Å². The zero-order valence-electron chi connectivity index (χ0n) is 18.6. The highest BCUT2D eigenvalue weighted by atomic mass is 16.5. The summed E-state index contributed by atoms with van der Waals surface area (Å²) in [6, 6.07) is 19.7. The lowest BCUT2D eigenvalue weighted by Crippen LogP contribution is -2.27. The monoisotopic (exact) mass is 416 g/mol. The number of pyridine rings is 1. The number of benzene rings is 2. The van der Waals surface area contributed by atoms with Gasteiger partial charge >= 0.3 is 0 Å². The third kappa shape index (κ3) is 6.16. The Morgan fingerprint density at radius 1 is 0.968 bits per heavy atom. The zero-order valence-corrected chi connectivity index (χ0v) is 18.6. The Hall–Kier alpha value is -2.69. The summed E-state index contributed by atoms with van der Waals surface area (Å²) in [5.41, 5.74) is 6.45. The number of ether oxygens (including phenoxy) is 2. The van der Waals surface area contributed by atoms with Crippen LogP contribution in [0.5, 0.6) is 5.75 Å². The fourth-order valence-electron chi connectivity index (χ4n) is 4.02. The van der Waals surface area contributed by atoms with Gasteiger partial charge in [0, 0.05) is 38.4 Å². The third-order valence-electron chi connectivity index (χ3n) is 5.71. The maximum Gasteiger partial charge on any atom is 0.122 e. The summed E-state index contributed by atoms with van der Waals surface area (Å²) in [4.78, 5) is 6.69. The van der Waals surface area contributed by atoms with Gasteiger partial charge in [0.05, 0.1) is 13.2 Å². The Morgan fingerprint density at radius 3 is 2.71 bits per heavy atom. The number of aromatic nitrogens is 1. The molecule has 0 spiro atoms. The van der Waals surface area contributed by atoms with Crippen LogP contribution in [0.3, 0.4) is 0 Å². The van der Waals surface area contributed by atoms with Crippen LogP contribution < -0.4 is 4.74 Å². The highest BCUT2D eigenvalue weighted by Crippen LogP contribution is 2.27. The van der Waals surface area contributed by atoms with Crippen LogP contribution in [0.2, 0.25) is 0 Å². The van der Waals surface area contributed by atoms with E-state index in [1.165, 1.54) is 27.8 Å². The summed E-state index contributed by atoms with van der Waals surface area (Å²) in [5, 5.41) is 0. The van der Waals surface area contributed by atoms with E-state index in [0.717, 1.165) is 31.8 Å².